The molecule has 0 unspecified atom stereocenters. The van der Waals surface area contributed by atoms with Crippen molar-refractivity contribution in [1.29, 1.82) is 5.26 Å². The summed E-state index contributed by atoms with van der Waals surface area (Å²) in [4.78, 5) is 2.25. The number of nitriles is 1. The standard InChI is InChI=1S/C13H18N2O/c1-4-7-15(2)10-11-5-6-12(9-14)13(8-11)16-3/h5-6,8H,4,7,10H2,1-3H3. The maximum atomic E-state index is 8.87. The predicted molar refractivity (Wildman–Crippen MR) is 64.3 cm³/mol. The Bertz CT molecular complexity index is 382. The quantitative estimate of drug-likeness (QED) is 0.761. The molecular formula is C13H18N2O. The number of hydrogen-bond acceptors (Lipinski definition) is 3. The van der Waals surface area contributed by atoms with E-state index in [0.29, 0.717) is 11.3 Å². The number of hydrogen-bond donors (Lipinski definition) is 0. The summed E-state index contributed by atoms with van der Waals surface area (Å²) in [5.74, 6) is 0.657. The maximum absolute atomic E-state index is 8.87. The molecule has 0 saturated carbocycles. The molecular weight excluding hydrogens is 200 g/mol. The zero-order valence-corrected chi connectivity index (χ0v) is 10.2. The Kier molecular flexibility index (Phi) is 4.81. The zero-order valence-electron chi connectivity index (χ0n) is 10.2. The largest absolute Gasteiger partial charge is 0.495 e. The highest BCUT2D eigenvalue weighted by Crippen LogP contribution is 2.19. The van der Waals surface area contributed by atoms with Gasteiger partial charge in [-0.3, -0.25) is 0 Å². The van der Waals surface area contributed by atoms with Gasteiger partial charge in [-0.25, -0.2) is 0 Å². The van der Waals surface area contributed by atoms with Gasteiger partial charge in [0.2, 0.25) is 0 Å². The Morgan fingerprint density at radius 1 is 1.44 bits per heavy atom. The molecule has 0 heterocycles. The Morgan fingerprint density at radius 2 is 2.19 bits per heavy atom. The minimum absolute atomic E-state index is 0.587. The highest BCUT2D eigenvalue weighted by atomic mass is 16.5. The Labute approximate surface area is 97.3 Å². The van der Waals surface area contributed by atoms with E-state index >= 15 is 0 Å². The maximum Gasteiger partial charge on any atom is 0.136 e. The van der Waals surface area contributed by atoms with Crippen molar-refractivity contribution in [1.82, 2.24) is 4.90 Å². The van der Waals surface area contributed by atoms with Crippen molar-refractivity contribution in [3.63, 3.8) is 0 Å². The molecule has 0 aliphatic carbocycles. The van der Waals surface area contributed by atoms with E-state index < -0.39 is 0 Å². The number of rotatable bonds is 5. The highest BCUT2D eigenvalue weighted by molar-refractivity contribution is 5.45. The second-order valence-electron chi connectivity index (χ2n) is 3.88. The molecule has 0 aliphatic heterocycles. The summed E-state index contributed by atoms with van der Waals surface area (Å²) >= 11 is 0. The number of benzene rings is 1. The summed E-state index contributed by atoms with van der Waals surface area (Å²) in [6.45, 7) is 4.12. The topological polar surface area (TPSA) is 36.3 Å². The summed E-state index contributed by atoms with van der Waals surface area (Å²) in [7, 11) is 3.68. The summed E-state index contributed by atoms with van der Waals surface area (Å²) in [5, 5.41) is 8.87. The van der Waals surface area contributed by atoms with E-state index in [1.54, 1.807) is 7.11 Å². The van der Waals surface area contributed by atoms with Crippen LogP contribution in [0.5, 0.6) is 5.75 Å². The molecule has 3 heteroatoms. The molecule has 0 spiro atoms. The monoisotopic (exact) mass is 218 g/mol. The Morgan fingerprint density at radius 3 is 2.75 bits per heavy atom. The van der Waals surface area contributed by atoms with Crippen LogP contribution in [0, 0.1) is 11.3 Å². The van der Waals surface area contributed by atoms with E-state index in [1.807, 2.05) is 18.2 Å². The van der Waals surface area contributed by atoms with E-state index in [-0.39, 0.29) is 0 Å². The van der Waals surface area contributed by atoms with Gasteiger partial charge in [0.1, 0.15) is 11.8 Å². The van der Waals surface area contributed by atoms with Gasteiger partial charge in [-0.15, -0.1) is 0 Å². The average Bonchev–Trinajstić information content (AvgIpc) is 2.29. The molecule has 1 rings (SSSR count). The van der Waals surface area contributed by atoms with Gasteiger partial charge in [0.05, 0.1) is 12.7 Å². The summed E-state index contributed by atoms with van der Waals surface area (Å²) < 4.78 is 5.18. The number of nitrogens with zero attached hydrogens (tertiary/aromatic N) is 2. The smallest absolute Gasteiger partial charge is 0.136 e. The lowest BCUT2D eigenvalue weighted by Crippen LogP contribution is -2.18. The minimum Gasteiger partial charge on any atom is -0.495 e. The van der Waals surface area contributed by atoms with Crippen LogP contribution in [-0.4, -0.2) is 25.6 Å². The van der Waals surface area contributed by atoms with E-state index in [4.69, 9.17) is 10.00 Å². The van der Waals surface area contributed by atoms with Gasteiger partial charge in [0, 0.05) is 6.54 Å². The summed E-state index contributed by atoms with van der Waals surface area (Å²) in [5.41, 5.74) is 1.76. The number of methoxy groups -OCH3 is 1. The van der Waals surface area contributed by atoms with E-state index in [0.717, 1.165) is 19.5 Å². The lowest BCUT2D eigenvalue weighted by molar-refractivity contribution is 0.326. The Balaban J connectivity index is 2.79. The van der Waals surface area contributed by atoms with E-state index in [2.05, 4.69) is 24.9 Å². The van der Waals surface area contributed by atoms with Gasteiger partial charge in [0.15, 0.2) is 0 Å². The second-order valence-corrected chi connectivity index (χ2v) is 3.88. The van der Waals surface area contributed by atoms with E-state index in [9.17, 15) is 0 Å². The van der Waals surface area contributed by atoms with Crippen LogP contribution >= 0.6 is 0 Å². The van der Waals surface area contributed by atoms with Crippen LogP contribution in [0.15, 0.2) is 18.2 Å². The van der Waals surface area contributed by atoms with Crippen molar-refractivity contribution in [3.05, 3.63) is 29.3 Å². The number of ether oxygens (including phenoxy) is 1. The molecule has 0 atom stereocenters. The molecule has 0 N–H and O–H groups in total. The predicted octanol–water partition coefficient (Wildman–Crippen LogP) is 2.41. The van der Waals surface area contributed by atoms with Crippen molar-refractivity contribution in [2.45, 2.75) is 19.9 Å². The fraction of sp³-hybridized carbons (Fsp3) is 0.462. The molecule has 0 fully saturated rings. The fourth-order valence-corrected chi connectivity index (χ4v) is 1.70. The van der Waals surface area contributed by atoms with Gasteiger partial charge in [-0.1, -0.05) is 13.0 Å². The van der Waals surface area contributed by atoms with Gasteiger partial charge >= 0.3 is 0 Å². The molecule has 0 saturated heterocycles. The first-order valence-corrected chi connectivity index (χ1v) is 5.46. The van der Waals surface area contributed by atoms with Crippen LogP contribution in [0.3, 0.4) is 0 Å². The highest BCUT2D eigenvalue weighted by Gasteiger charge is 2.05. The molecule has 1 aromatic carbocycles. The van der Waals surface area contributed by atoms with Gasteiger partial charge in [0.25, 0.3) is 0 Å². The van der Waals surface area contributed by atoms with Gasteiger partial charge in [-0.2, -0.15) is 5.26 Å². The molecule has 1 aromatic rings. The molecule has 0 radical (unpaired) electrons. The van der Waals surface area contributed by atoms with E-state index in [1.165, 1.54) is 5.56 Å². The molecule has 16 heavy (non-hydrogen) atoms. The first-order valence-electron chi connectivity index (χ1n) is 5.46. The molecule has 0 bridgehead atoms. The van der Waals surface area contributed by atoms with Gasteiger partial charge < -0.3 is 9.64 Å². The van der Waals surface area contributed by atoms with Crippen molar-refractivity contribution in [2.24, 2.45) is 0 Å². The average molecular weight is 218 g/mol. The zero-order chi connectivity index (χ0) is 12.0. The van der Waals surface area contributed by atoms with Crippen LogP contribution < -0.4 is 4.74 Å². The Hall–Kier alpha value is -1.53. The second kappa shape index (κ2) is 6.14. The SMILES string of the molecule is CCCN(C)Cc1ccc(C#N)c(OC)c1. The van der Waals surface area contributed by atoms with Crippen molar-refractivity contribution in [2.75, 3.05) is 20.7 Å². The van der Waals surface area contributed by atoms with Crippen molar-refractivity contribution >= 4 is 0 Å². The minimum atomic E-state index is 0.587. The van der Waals surface area contributed by atoms with Crippen LogP contribution in [-0.2, 0) is 6.54 Å². The first kappa shape index (κ1) is 12.5. The van der Waals surface area contributed by atoms with Crippen molar-refractivity contribution in [3.8, 4) is 11.8 Å². The van der Waals surface area contributed by atoms with Crippen LogP contribution in [0.1, 0.15) is 24.5 Å². The molecule has 0 aliphatic rings. The molecule has 0 aromatic heterocycles. The first-order chi connectivity index (χ1) is 7.71. The molecule has 3 nitrogen and oxygen atoms in total. The van der Waals surface area contributed by atoms with Crippen molar-refractivity contribution < 1.29 is 4.74 Å². The van der Waals surface area contributed by atoms with Gasteiger partial charge in [-0.05, 0) is 37.7 Å². The molecule has 86 valence electrons. The third kappa shape index (κ3) is 3.25. The lowest BCUT2D eigenvalue weighted by atomic mass is 10.1. The van der Waals surface area contributed by atoms with Crippen LogP contribution in [0.4, 0.5) is 0 Å². The normalized spacial score (nSPS) is 10.2. The van der Waals surface area contributed by atoms with Crippen LogP contribution in [0.25, 0.3) is 0 Å². The third-order valence-corrected chi connectivity index (χ3v) is 2.44. The third-order valence-electron chi connectivity index (χ3n) is 2.44. The summed E-state index contributed by atoms with van der Waals surface area (Å²) in [6.07, 6.45) is 1.14. The molecule has 0 amide bonds. The lowest BCUT2D eigenvalue weighted by Gasteiger charge is -2.16. The fourth-order valence-electron chi connectivity index (χ4n) is 1.70. The summed E-state index contributed by atoms with van der Waals surface area (Å²) in [6, 6.07) is 7.84. The van der Waals surface area contributed by atoms with Crippen LogP contribution in [0.2, 0.25) is 0 Å².